The SMILES string of the molecule is C/C=C(C)\C=C/C(C)c1ccc(S)cc1.CC. The number of rotatable bonds is 3. The van der Waals surface area contributed by atoms with Gasteiger partial charge in [-0.2, -0.15) is 0 Å². The smallest absolute Gasteiger partial charge is 0.00401 e. The van der Waals surface area contributed by atoms with Gasteiger partial charge in [-0.3, -0.25) is 0 Å². The first-order valence-corrected chi connectivity index (χ1v) is 6.68. The van der Waals surface area contributed by atoms with E-state index in [-0.39, 0.29) is 0 Å². The molecule has 0 bridgehead atoms. The lowest BCUT2D eigenvalue weighted by atomic mass is 10.00. The van der Waals surface area contributed by atoms with Crippen LogP contribution in [-0.2, 0) is 0 Å². The fourth-order valence-corrected chi connectivity index (χ4v) is 1.43. The second kappa shape index (κ2) is 9.12. The summed E-state index contributed by atoms with van der Waals surface area (Å²) in [5.74, 6) is 0.453. The molecule has 0 aliphatic rings. The summed E-state index contributed by atoms with van der Waals surface area (Å²) < 4.78 is 0. The molecule has 1 rings (SSSR count). The molecule has 0 saturated carbocycles. The lowest BCUT2D eigenvalue weighted by Gasteiger charge is -2.06. The van der Waals surface area contributed by atoms with E-state index in [0.717, 1.165) is 4.90 Å². The van der Waals surface area contributed by atoms with Crippen LogP contribution in [0.5, 0.6) is 0 Å². The van der Waals surface area contributed by atoms with E-state index in [2.05, 4.69) is 63.8 Å². The van der Waals surface area contributed by atoms with Gasteiger partial charge >= 0.3 is 0 Å². The normalized spacial score (nSPS) is 13.2. The quantitative estimate of drug-likeness (QED) is 0.520. The highest BCUT2D eigenvalue weighted by atomic mass is 32.1. The third kappa shape index (κ3) is 6.38. The maximum Gasteiger partial charge on any atom is 0.00401 e. The van der Waals surface area contributed by atoms with Crippen molar-refractivity contribution in [1.29, 1.82) is 0 Å². The summed E-state index contributed by atoms with van der Waals surface area (Å²) in [5, 5.41) is 0. The molecule has 0 nitrogen and oxygen atoms in total. The van der Waals surface area contributed by atoms with E-state index in [4.69, 9.17) is 0 Å². The maximum absolute atomic E-state index is 4.27. The number of hydrogen-bond acceptors (Lipinski definition) is 1. The summed E-state index contributed by atoms with van der Waals surface area (Å²) in [5.41, 5.74) is 2.63. The Balaban J connectivity index is 0.00000121. The highest BCUT2D eigenvalue weighted by molar-refractivity contribution is 7.80. The molecule has 1 heteroatoms. The van der Waals surface area contributed by atoms with Gasteiger partial charge in [0, 0.05) is 4.90 Å². The molecule has 0 aliphatic heterocycles. The first-order chi connectivity index (χ1) is 8.13. The van der Waals surface area contributed by atoms with Crippen molar-refractivity contribution in [2.45, 2.75) is 45.4 Å². The second-order valence-corrected chi connectivity index (χ2v) is 4.29. The van der Waals surface area contributed by atoms with Crippen molar-refractivity contribution < 1.29 is 0 Å². The number of hydrogen-bond donors (Lipinski definition) is 1. The molecule has 1 unspecified atom stereocenters. The van der Waals surface area contributed by atoms with Gasteiger partial charge in [-0.1, -0.05) is 56.7 Å². The Labute approximate surface area is 112 Å². The summed E-state index contributed by atoms with van der Waals surface area (Å²) in [4.78, 5) is 1.01. The second-order valence-electron chi connectivity index (χ2n) is 3.77. The van der Waals surface area contributed by atoms with Crippen molar-refractivity contribution in [2.75, 3.05) is 0 Å². The summed E-state index contributed by atoms with van der Waals surface area (Å²) in [6.07, 6.45) is 6.50. The van der Waals surface area contributed by atoms with Crippen molar-refractivity contribution in [3.8, 4) is 0 Å². The maximum atomic E-state index is 4.27. The van der Waals surface area contributed by atoms with E-state index >= 15 is 0 Å². The largest absolute Gasteiger partial charge is 0.143 e. The third-order valence-corrected chi connectivity index (χ3v) is 2.82. The van der Waals surface area contributed by atoms with E-state index in [9.17, 15) is 0 Å². The van der Waals surface area contributed by atoms with Crippen LogP contribution in [0.3, 0.4) is 0 Å². The fourth-order valence-electron chi connectivity index (χ4n) is 1.28. The van der Waals surface area contributed by atoms with Gasteiger partial charge in [0.05, 0.1) is 0 Å². The molecule has 1 aromatic carbocycles. The van der Waals surface area contributed by atoms with Crippen LogP contribution >= 0.6 is 12.6 Å². The van der Waals surface area contributed by atoms with E-state index < -0.39 is 0 Å². The van der Waals surface area contributed by atoms with Crippen LogP contribution in [0.15, 0.2) is 53.0 Å². The van der Waals surface area contributed by atoms with Crippen molar-refractivity contribution in [3.63, 3.8) is 0 Å². The predicted molar refractivity (Wildman–Crippen MR) is 82.0 cm³/mol. The molecule has 0 radical (unpaired) electrons. The molecule has 1 atom stereocenters. The number of allylic oxidation sites excluding steroid dienone is 4. The number of thiol groups is 1. The number of benzene rings is 1. The molecule has 17 heavy (non-hydrogen) atoms. The van der Waals surface area contributed by atoms with Crippen LogP contribution in [0, 0.1) is 0 Å². The average molecular weight is 248 g/mol. The topological polar surface area (TPSA) is 0 Å². The van der Waals surface area contributed by atoms with Crippen LogP contribution in [0.1, 0.15) is 46.1 Å². The zero-order valence-corrected chi connectivity index (χ0v) is 12.5. The van der Waals surface area contributed by atoms with Gasteiger partial charge in [0.15, 0.2) is 0 Å². The molecule has 0 heterocycles. The van der Waals surface area contributed by atoms with Gasteiger partial charge in [-0.05, 0) is 37.5 Å². The molecule has 0 saturated heterocycles. The van der Waals surface area contributed by atoms with Crippen molar-refractivity contribution in [2.24, 2.45) is 0 Å². The molecular weight excluding hydrogens is 224 g/mol. The van der Waals surface area contributed by atoms with Gasteiger partial charge in [0.2, 0.25) is 0 Å². The summed E-state index contributed by atoms with van der Waals surface area (Å²) in [6, 6.07) is 8.32. The van der Waals surface area contributed by atoms with E-state index in [1.165, 1.54) is 11.1 Å². The Kier molecular flexibility index (Phi) is 8.61. The summed E-state index contributed by atoms with van der Waals surface area (Å²) in [6.45, 7) is 10.4. The zero-order chi connectivity index (χ0) is 13.3. The Hall–Kier alpha value is -0.950. The Morgan fingerprint density at radius 1 is 1.18 bits per heavy atom. The molecule has 0 amide bonds. The molecule has 0 N–H and O–H groups in total. The van der Waals surface area contributed by atoms with Crippen molar-refractivity contribution >= 4 is 12.6 Å². The van der Waals surface area contributed by atoms with Gasteiger partial charge < -0.3 is 0 Å². The van der Waals surface area contributed by atoms with E-state index in [0.29, 0.717) is 5.92 Å². The van der Waals surface area contributed by atoms with Crippen LogP contribution in [-0.4, -0.2) is 0 Å². The third-order valence-electron chi connectivity index (χ3n) is 2.52. The van der Waals surface area contributed by atoms with E-state index in [1.54, 1.807) is 0 Å². The zero-order valence-electron chi connectivity index (χ0n) is 11.6. The van der Waals surface area contributed by atoms with Crippen LogP contribution in [0.2, 0.25) is 0 Å². The monoisotopic (exact) mass is 248 g/mol. The van der Waals surface area contributed by atoms with E-state index in [1.807, 2.05) is 26.0 Å². The molecular formula is C16H24S. The lowest BCUT2D eigenvalue weighted by molar-refractivity contribution is 0.962. The predicted octanol–water partition coefficient (Wildman–Crippen LogP) is 5.63. The van der Waals surface area contributed by atoms with Crippen molar-refractivity contribution in [3.05, 3.63) is 53.6 Å². The average Bonchev–Trinajstić information content (AvgIpc) is 2.38. The van der Waals surface area contributed by atoms with Gasteiger partial charge in [-0.25, -0.2) is 0 Å². The van der Waals surface area contributed by atoms with Crippen LogP contribution in [0.25, 0.3) is 0 Å². The molecule has 0 fully saturated rings. The van der Waals surface area contributed by atoms with Gasteiger partial charge in [-0.15, -0.1) is 12.6 Å². The minimum atomic E-state index is 0.453. The first kappa shape index (κ1) is 16.1. The Bertz CT molecular complexity index is 358. The molecule has 1 aromatic rings. The highest BCUT2D eigenvalue weighted by Crippen LogP contribution is 2.19. The fraction of sp³-hybridized carbons (Fsp3) is 0.375. The standard InChI is InChI=1S/C14H18S.C2H6/c1-4-11(2)5-6-12(3)13-7-9-14(15)10-8-13;1-2/h4-10,12,15H,1-3H3;1-2H3/b6-5-,11-4-;. The van der Waals surface area contributed by atoms with Crippen LogP contribution in [0.4, 0.5) is 0 Å². The minimum absolute atomic E-state index is 0.453. The van der Waals surface area contributed by atoms with Crippen LogP contribution < -0.4 is 0 Å². The Morgan fingerprint density at radius 3 is 2.18 bits per heavy atom. The molecule has 0 spiro atoms. The first-order valence-electron chi connectivity index (χ1n) is 6.23. The lowest BCUT2D eigenvalue weighted by Crippen LogP contribution is -1.88. The molecule has 0 aliphatic carbocycles. The molecule has 94 valence electrons. The minimum Gasteiger partial charge on any atom is -0.143 e. The van der Waals surface area contributed by atoms with Gasteiger partial charge in [0.1, 0.15) is 0 Å². The van der Waals surface area contributed by atoms with Crippen molar-refractivity contribution in [1.82, 2.24) is 0 Å². The summed E-state index contributed by atoms with van der Waals surface area (Å²) in [7, 11) is 0. The van der Waals surface area contributed by atoms with Gasteiger partial charge in [0.25, 0.3) is 0 Å². The summed E-state index contributed by atoms with van der Waals surface area (Å²) >= 11 is 4.27. The Morgan fingerprint density at radius 2 is 1.71 bits per heavy atom. The highest BCUT2D eigenvalue weighted by Gasteiger charge is 1.99. The molecule has 0 aromatic heterocycles.